The zero-order valence-electron chi connectivity index (χ0n) is 11.5. The molecule has 1 unspecified atom stereocenters. The SMILES string of the molecule is CCOC(=O)C(C(=O)C(C)(C)C)C(C)(C)C. The zero-order chi connectivity index (χ0) is 13.1. The Morgan fingerprint density at radius 1 is 1.06 bits per heavy atom. The van der Waals surface area contributed by atoms with Crippen molar-refractivity contribution in [3.63, 3.8) is 0 Å². The molecule has 0 rings (SSSR count). The summed E-state index contributed by atoms with van der Waals surface area (Å²) in [5, 5.41) is 0. The second-order valence-corrected chi connectivity index (χ2v) is 6.17. The quantitative estimate of drug-likeness (QED) is 0.551. The van der Waals surface area contributed by atoms with Gasteiger partial charge in [0.2, 0.25) is 0 Å². The first-order chi connectivity index (χ1) is 7.01. The molecule has 0 saturated carbocycles. The third-order valence-corrected chi connectivity index (χ3v) is 2.39. The Labute approximate surface area is 98.6 Å². The van der Waals surface area contributed by atoms with Gasteiger partial charge in [0.05, 0.1) is 6.61 Å². The van der Waals surface area contributed by atoms with E-state index < -0.39 is 22.7 Å². The third-order valence-electron chi connectivity index (χ3n) is 2.39. The van der Waals surface area contributed by atoms with Gasteiger partial charge in [-0.05, 0) is 12.3 Å². The minimum Gasteiger partial charge on any atom is -0.465 e. The average Bonchev–Trinajstić information content (AvgIpc) is 1.99. The van der Waals surface area contributed by atoms with E-state index in [-0.39, 0.29) is 5.78 Å². The first kappa shape index (κ1) is 15.1. The molecule has 0 bridgehead atoms. The van der Waals surface area contributed by atoms with E-state index in [1.54, 1.807) is 6.92 Å². The van der Waals surface area contributed by atoms with Crippen molar-refractivity contribution < 1.29 is 14.3 Å². The Morgan fingerprint density at radius 3 is 1.75 bits per heavy atom. The van der Waals surface area contributed by atoms with Gasteiger partial charge in [-0.15, -0.1) is 0 Å². The molecule has 0 spiro atoms. The predicted octanol–water partition coefficient (Wildman–Crippen LogP) is 2.83. The van der Waals surface area contributed by atoms with Crippen molar-refractivity contribution in [2.24, 2.45) is 16.7 Å². The Hall–Kier alpha value is -0.860. The molecule has 0 aromatic heterocycles. The first-order valence-electron chi connectivity index (χ1n) is 5.72. The molecule has 0 aliphatic carbocycles. The van der Waals surface area contributed by atoms with Crippen LogP contribution in [0.25, 0.3) is 0 Å². The molecule has 0 aromatic carbocycles. The van der Waals surface area contributed by atoms with E-state index >= 15 is 0 Å². The van der Waals surface area contributed by atoms with E-state index in [0.29, 0.717) is 6.61 Å². The molecule has 0 aliphatic rings. The maximum absolute atomic E-state index is 12.2. The maximum Gasteiger partial charge on any atom is 0.317 e. The number of rotatable bonds is 3. The van der Waals surface area contributed by atoms with Crippen LogP contribution in [0.4, 0.5) is 0 Å². The molecule has 94 valence electrons. The number of ether oxygens (including phenoxy) is 1. The van der Waals surface area contributed by atoms with Gasteiger partial charge in [0, 0.05) is 5.41 Å². The Kier molecular flexibility index (Phi) is 4.71. The topological polar surface area (TPSA) is 43.4 Å². The van der Waals surface area contributed by atoms with Crippen LogP contribution >= 0.6 is 0 Å². The summed E-state index contributed by atoms with van der Waals surface area (Å²) < 4.78 is 4.99. The minimum atomic E-state index is -0.688. The Bertz CT molecular complexity index is 266. The number of ketones is 1. The molecule has 0 amide bonds. The third kappa shape index (κ3) is 3.95. The number of esters is 1. The van der Waals surface area contributed by atoms with E-state index in [0.717, 1.165) is 0 Å². The normalized spacial score (nSPS) is 14.4. The molecule has 16 heavy (non-hydrogen) atoms. The Balaban J connectivity index is 5.13. The summed E-state index contributed by atoms with van der Waals surface area (Å²) in [6.07, 6.45) is 0. The summed E-state index contributed by atoms with van der Waals surface area (Å²) >= 11 is 0. The molecular weight excluding hydrogens is 204 g/mol. The van der Waals surface area contributed by atoms with E-state index in [4.69, 9.17) is 4.74 Å². The summed E-state index contributed by atoms with van der Waals surface area (Å²) in [6, 6.07) is 0. The summed E-state index contributed by atoms with van der Waals surface area (Å²) in [6.45, 7) is 13.2. The molecule has 0 aliphatic heterocycles. The van der Waals surface area contributed by atoms with Gasteiger partial charge in [-0.1, -0.05) is 41.5 Å². The van der Waals surface area contributed by atoms with Crippen molar-refractivity contribution in [3.05, 3.63) is 0 Å². The van der Waals surface area contributed by atoms with Crippen LogP contribution in [0.3, 0.4) is 0 Å². The molecule has 0 fully saturated rings. The van der Waals surface area contributed by atoms with Gasteiger partial charge >= 0.3 is 5.97 Å². The molecule has 3 heteroatoms. The molecule has 1 atom stereocenters. The second kappa shape index (κ2) is 4.98. The molecule has 0 heterocycles. The standard InChI is InChI=1S/C13H24O3/c1-8-16-11(15)9(12(2,3)4)10(14)13(5,6)7/h9H,8H2,1-7H3. The second-order valence-electron chi connectivity index (χ2n) is 6.17. The van der Waals surface area contributed by atoms with Gasteiger partial charge < -0.3 is 4.74 Å². The molecule has 0 aromatic rings. The van der Waals surface area contributed by atoms with Gasteiger partial charge in [-0.3, -0.25) is 9.59 Å². The van der Waals surface area contributed by atoms with E-state index in [1.165, 1.54) is 0 Å². The van der Waals surface area contributed by atoms with E-state index in [2.05, 4.69) is 0 Å². The van der Waals surface area contributed by atoms with Crippen molar-refractivity contribution in [1.82, 2.24) is 0 Å². The number of hydrogen-bond acceptors (Lipinski definition) is 3. The monoisotopic (exact) mass is 228 g/mol. The van der Waals surface area contributed by atoms with Crippen molar-refractivity contribution in [3.8, 4) is 0 Å². The number of carbonyl (C=O) groups excluding carboxylic acids is 2. The lowest BCUT2D eigenvalue weighted by Gasteiger charge is -2.32. The highest BCUT2D eigenvalue weighted by Gasteiger charge is 2.43. The Morgan fingerprint density at radius 2 is 1.50 bits per heavy atom. The van der Waals surface area contributed by atoms with Crippen LogP contribution in [-0.2, 0) is 14.3 Å². The summed E-state index contributed by atoms with van der Waals surface area (Å²) in [5.74, 6) is -1.15. The highest BCUT2D eigenvalue weighted by Crippen LogP contribution is 2.33. The molecule has 0 saturated heterocycles. The zero-order valence-corrected chi connectivity index (χ0v) is 11.5. The van der Waals surface area contributed by atoms with E-state index in [1.807, 2.05) is 41.5 Å². The number of Topliss-reactive ketones (excluding diaryl/α,β-unsaturated/α-hetero) is 1. The largest absolute Gasteiger partial charge is 0.465 e. The van der Waals surface area contributed by atoms with Crippen molar-refractivity contribution in [1.29, 1.82) is 0 Å². The number of carbonyl (C=O) groups is 2. The van der Waals surface area contributed by atoms with Crippen molar-refractivity contribution in [2.45, 2.75) is 48.5 Å². The predicted molar refractivity (Wildman–Crippen MR) is 64.0 cm³/mol. The van der Waals surface area contributed by atoms with Crippen LogP contribution < -0.4 is 0 Å². The van der Waals surface area contributed by atoms with Crippen LogP contribution in [-0.4, -0.2) is 18.4 Å². The summed E-state index contributed by atoms with van der Waals surface area (Å²) in [5.41, 5.74) is -0.929. The lowest BCUT2D eigenvalue weighted by Crippen LogP contribution is -2.42. The average molecular weight is 228 g/mol. The minimum absolute atomic E-state index is 0.0570. The molecular formula is C13H24O3. The van der Waals surface area contributed by atoms with Gasteiger partial charge in [-0.25, -0.2) is 0 Å². The van der Waals surface area contributed by atoms with Crippen LogP contribution in [0.15, 0.2) is 0 Å². The smallest absolute Gasteiger partial charge is 0.317 e. The van der Waals surface area contributed by atoms with Crippen molar-refractivity contribution >= 4 is 11.8 Å². The van der Waals surface area contributed by atoms with E-state index in [9.17, 15) is 9.59 Å². The van der Waals surface area contributed by atoms with Gasteiger partial charge in [0.1, 0.15) is 5.92 Å². The number of hydrogen-bond donors (Lipinski definition) is 0. The highest BCUT2D eigenvalue weighted by atomic mass is 16.5. The maximum atomic E-state index is 12.2. The fraction of sp³-hybridized carbons (Fsp3) is 0.846. The van der Waals surface area contributed by atoms with Gasteiger partial charge in [-0.2, -0.15) is 0 Å². The van der Waals surface area contributed by atoms with Gasteiger partial charge in [0.25, 0.3) is 0 Å². The fourth-order valence-corrected chi connectivity index (χ4v) is 1.51. The summed E-state index contributed by atoms with van der Waals surface area (Å²) in [4.78, 5) is 24.1. The van der Waals surface area contributed by atoms with Crippen LogP contribution in [0.5, 0.6) is 0 Å². The van der Waals surface area contributed by atoms with Crippen LogP contribution in [0.1, 0.15) is 48.5 Å². The van der Waals surface area contributed by atoms with Crippen molar-refractivity contribution in [2.75, 3.05) is 6.61 Å². The lowest BCUT2D eigenvalue weighted by molar-refractivity contribution is -0.158. The highest BCUT2D eigenvalue weighted by molar-refractivity contribution is 6.02. The molecule has 0 N–H and O–H groups in total. The fourth-order valence-electron chi connectivity index (χ4n) is 1.51. The van der Waals surface area contributed by atoms with Crippen LogP contribution in [0.2, 0.25) is 0 Å². The first-order valence-corrected chi connectivity index (χ1v) is 5.72. The molecule has 3 nitrogen and oxygen atoms in total. The lowest BCUT2D eigenvalue weighted by atomic mass is 9.71. The summed E-state index contributed by atoms with van der Waals surface area (Å²) in [7, 11) is 0. The van der Waals surface area contributed by atoms with Crippen LogP contribution in [0, 0.1) is 16.7 Å². The molecule has 0 radical (unpaired) electrons. The van der Waals surface area contributed by atoms with Gasteiger partial charge in [0.15, 0.2) is 5.78 Å².